The average molecular weight is 436 g/mol. The first-order chi connectivity index (χ1) is 15.0. The lowest BCUT2D eigenvalue weighted by Crippen LogP contribution is -2.43. The van der Waals surface area contributed by atoms with Crippen LogP contribution >= 0.6 is 0 Å². The Balaban J connectivity index is 1.26. The Morgan fingerprint density at radius 3 is 2.81 bits per heavy atom. The monoisotopic (exact) mass is 436 g/mol. The molecule has 1 unspecified atom stereocenters. The number of hydrogen-bond donors (Lipinski definition) is 1. The summed E-state index contributed by atoms with van der Waals surface area (Å²) in [6.07, 6.45) is 3.63. The fourth-order valence-electron chi connectivity index (χ4n) is 4.34. The van der Waals surface area contributed by atoms with E-state index in [1.165, 1.54) is 0 Å². The average Bonchev–Trinajstić information content (AvgIpc) is 3.23. The molecule has 0 bridgehead atoms. The Labute approximate surface area is 179 Å². The van der Waals surface area contributed by atoms with E-state index in [9.17, 15) is 13.2 Å². The van der Waals surface area contributed by atoms with Gasteiger partial charge in [0, 0.05) is 23.7 Å². The van der Waals surface area contributed by atoms with Crippen molar-refractivity contribution < 1.29 is 17.6 Å². The lowest BCUT2D eigenvalue weighted by Gasteiger charge is -2.25. The largest absolute Gasteiger partial charge is 0.440 e. The van der Waals surface area contributed by atoms with Crippen LogP contribution in [0.3, 0.4) is 0 Å². The molecule has 2 aliphatic heterocycles. The second-order valence-corrected chi connectivity index (χ2v) is 9.81. The molecule has 3 aliphatic rings. The number of amides is 1. The molecule has 1 aromatic heterocycles. The Morgan fingerprint density at radius 1 is 1.13 bits per heavy atom. The Kier molecular flexibility index (Phi) is 3.98. The van der Waals surface area contributed by atoms with Crippen molar-refractivity contribution in [1.29, 1.82) is 0 Å². The summed E-state index contributed by atoms with van der Waals surface area (Å²) in [7, 11) is -3.73. The van der Waals surface area contributed by atoms with Gasteiger partial charge in [0.05, 0.1) is 0 Å². The number of aromatic nitrogens is 1. The van der Waals surface area contributed by atoms with Gasteiger partial charge in [-0.1, -0.05) is 12.1 Å². The van der Waals surface area contributed by atoms with Crippen LogP contribution in [0, 0.1) is 0 Å². The van der Waals surface area contributed by atoms with Crippen molar-refractivity contribution in [3.8, 4) is 0 Å². The van der Waals surface area contributed by atoms with E-state index in [0.717, 1.165) is 30.7 Å². The van der Waals surface area contributed by atoms with Gasteiger partial charge in [0.25, 0.3) is 10.0 Å². The summed E-state index contributed by atoms with van der Waals surface area (Å²) < 4.78 is 34.6. The zero-order valence-corrected chi connectivity index (χ0v) is 17.4. The number of benzene rings is 2. The van der Waals surface area contributed by atoms with Gasteiger partial charge in [-0.2, -0.15) is 8.42 Å². The molecule has 1 aliphatic carbocycles. The molecule has 158 valence electrons. The summed E-state index contributed by atoms with van der Waals surface area (Å²) in [6, 6.07) is 11.7. The summed E-state index contributed by atoms with van der Waals surface area (Å²) in [5.41, 5.74) is 2.63. The molecule has 3 heterocycles. The minimum Gasteiger partial charge on any atom is -0.440 e. The molecule has 1 saturated carbocycles. The van der Waals surface area contributed by atoms with Crippen molar-refractivity contribution >= 4 is 38.6 Å². The lowest BCUT2D eigenvalue weighted by atomic mass is 10.1. The molecule has 1 amide bonds. The minimum atomic E-state index is -3.73. The molecule has 6 rings (SSSR count). The standard InChI is InChI=1S/C22H20N4O4S/c27-21(23-14-9-10-18-16(12-14)24-22(30-18)13-7-8-13)17-5-3-11-26(17)20-15-4-1-2-6-19(15)31(28,29)25-20/h1-2,4,6,9-10,12-13,17H,3,5,7-8,11H2,(H,23,27). The molecule has 8 nitrogen and oxygen atoms in total. The van der Waals surface area contributed by atoms with Crippen LogP contribution in [-0.2, 0) is 14.8 Å². The van der Waals surface area contributed by atoms with Crippen LogP contribution in [0.4, 0.5) is 5.69 Å². The minimum absolute atomic E-state index is 0.188. The number of rotatable bonds is 3. The van der Waals surface area contributed by atoms with Gasteiger partial charge in [-0.05, 0) is 56.0 Å². The first kappa shape index (κ1) is 18.6. The molecule has 31 heavy (non-hydrogen) atoms. The predicted molar refractivity (Wildman–Crippen MR) is 115 cm³/mol. The molecule has 3 aromatic rings. The van der Waals surface area contributed by atoms with Crippen LogP contribution in [0.1, 0.15) is 43.1 Å². The third kappa shape index (κ3) is 3.11. The fraction of sp³-hybridized carbons (Fsp3) is 0.318. The number of fused-ring (bicyclic) bond motifs is 2. The molecule has 0 spiro atoms. The number of amidine groups is 1. The van der Waals surface area contributed by atoms with Crippen LogP contribution in [0.2, 0.25) is 0 Å². The summed E-state index contributed by atoms with van der Waals surface area (Å²) in [5.74, 6) is 1.35. The third-order valence-electron chi connectivity index (χ3n) is 6.04. The first-order valence-corrected chi connectivity index (χ1v) is 11.9. The van der Waals surface area contributed by atoms with Gasteiger partial charge in [0.1, 0.15) is 16.5 Å². The van der Waals surface area contributed by atoms with Gasteiger partial charge in [0.15, 0.2) is 17.3 Å². The van der Waals surface area contributed by atoms with E-state index in [0.29, 0.717) is 41.6 Å². The maximum atomic E-state index is 13.1. The van der Waals surface area contributed by atoms with E-state index in [1.807, 2.05) is 12.1 Å². The SMILES string of the molecule is O=C(Nc1ccc2oc(C3CC3)nc2c1)C1CCCN1C1=NS(=O)(=O)c2ccccc21. The molecule has 1 N–H and O–H groups in total. The van der Waals surface area contributed by atoms with Crippen LogP contribution in [0.5, 0.6) is 0 Å². The predicted octanol–water partition coefficient (Wildman–Crippen LogP) is 3.26. The van der Waals surface area contributed by atoms with E-state index in [-0.39, 0.29) is 10.8 Å². The van der Waals surface area contributed by atoms with Crippen LogP contribution in [-0.4, -0.2) is 42.6 Å². The van der Waals surface area contributed by atoms with Gasteiger partial charge < -0.3 is 14.6 Å². The summed E-state index contributed by atoms with van der Waals surface area (Å²) in [5, 5.41) is 2.96. The number of anilines is 1. The fourth-order valence-corrected chi connectivity index (χ4v) is 5.56. The molecule has 2 aromatic carbocycles. The molecule has 0 radical (unpaired) electrons. The van der Waals surface area contributed by atoms with Crippen molar-refractivity contribution in [2.45, 2.75) is 42.5 Å². The van der Waals surface area contributed by atoms with Crippen LogP contribution < -0.4 is 5.32 Å². The van der Waals surface area contributed by atoms with Crippen molar-refractivity contribution in [3.63, 3.8) is 0 Å². The highest BCUT2D eigenvalue weighted by Gasteiger charge is 2.39. The molecular formula is C22H20N4O4S. The zero-order valence-electron chi connectivity index (χ0n) is 16.6. The number of sulfonamides is 1. The van der Waals surface area contributed by atoms with Gasteiger partial charge in [0.2, 0.25) is 5.91 Å². The summed E-state index contributed by atoms with van der Waals surface area (Å²) in [4.78, 5) is 19.7. The van der Waals surface area contributed by atoms with E-state index >= 15 is 0 Å². The number of hydrogen-bond acceptors (Lipinski definition) is 6. The highest BCUT2D eigenvalue weighted by Crippen LogP contribution is 2.40. The quantitative estimate of drug-likeness (QED) is 0.676. The number of nitrogens with zero attached hydrogens (tertiary/aromatic N) is 3. The Morgan fingerprint density at radius 2 is 1.97 bits per heavy atom. The van der Waals surface area contributed by atoms with Gasteiger partial charge >= 0.3 is 0 Å². The maximum Gasteiger partial charge on any atom is 0.285 e. The van der Waals surface area contributed by atoms with Gasteiger partial charge in [-0.25, -0.2) is 4.98 Å². The number of carbonyl (C=O) groups excluding carboxylic acids is 1. The van der Waals surface area contributed by atoms with Gasteiger partial charge in [-0.15, -0.1) is 4.40 Å². The van der Waals surface area contributed by atoms with E-state index in [4.69, 9.17) is 4.42 Å². The summed E-state index contributed by atoms with van der Waals surface area (Å²) in [6.45, 7) is 0.577. The molecule has 9 heteroatoms. The van der Waals surface area contributed by atoms with Gasteiger partial charge in [-0.3, -0.25) is 4.79 Å². The number of oxazole rings is 1. The van der Waals surface area contributed by atoms with Crippen LogP contribution in [0.15, 0.2) is 56.2 Å². The molecule has 2 fully saturated rings. The molecular weight excluding hydrogens is 416 g/mol. The van der Waals surface area contributed by atoms with Crippen LogP contribution in [0.25, 0.3) is 11.1 Å². The first-order valence-electron chi connectivity index (χ1n) is 10.4. The maximum absolute atomic E-state index is 13.1. The van der Waals surface area contributed by atoms with Crippen molar-refractivity contribution in [3.05, 3.63) is 53.9 Å². The second kappa shape index (κ2) is 6.65. The highest BCUT2D eigenvalue weighted by atomic mass is 32.2. The molecule has 1 saturated heterocycles. The highest BCUT2D eigenvalue weighted by molar-refractivity contribution is 7.90. The van der Waals surface area contributed by atoms with E-state index in [2.05, 4.69) is 14.7 Å². The second-order valence-electron chi connectivity index (χ2n) is 8.24. The van der Waals surface area contributed by atoms with Crippen molar-refractivity contribution in [2.24, 2.45) is 4.40 Å². The van der Waals surface area contributed by atoms with Crippen molar-refractivity contribution in [1.82, 2.24) is 9.88 Å². The normalized spacial score (nSPS) is 21.9. The Bertz CT molecular complexity index is 1360. The number of likely N-dealkylation sites (tertiary alicyclic amines) is 1. The van der Waals surface area contributed by atoms with E-state index in [1.54, 1.807) is 35.2 Å². The summed E-state index contributed by atoms with van der Waals surface area (Å²) >= 11 is 0. The van der Waals surface area contributed by atoms with Crippen molar-refractivity contribution in [2.75, 3.05) is 11.9 Å². The van der Waals surface area contributed by atoms with E-state index < -0.39 is 16.1 Å². The zero-order chi connectivity index (χ0) is 21.2. The third-order valence-corrected chi connectivity index (χ3v) is 7.36. The smallest absolute Gasteiger partial charge is 0.285 e. The topological polar surface area (TPSA) is 105 Å². The number of carbonyl (C=O) groups is 1. The Hall–Kier alpha value is -3.20. The molecule has 1 atom stereocenters. The lowest BCUT2D eigenvalue weighted by molar-refractivity contribution is -0.119. The number of nitrogens with one attached hydrogen (secondary N) is 1.